The highest BCUT2D eigenvalue weighted by Gasteiger charge is 2.39. The van der Waals surface area contributed by atoms with Crippen LogP contribution in [0.3, 0.4) is 0 Å². The van der Waals surface area contributed by atoms with E-state index in [1.807, 2.05) is 20.8 Å². The smallest absolute Gasteiger partial charge is 0.326 e. The van der Waals surface area contributed by atoms with Crippen LogP contribution in [0.15, 0.2) is 0 Å². The minimum Gasteiger partial charge on any atom is -0.481 e. The first-order chi connectivity index (χ1) is 15.4. The molecule has 0 radical (unpaired) electrons. The molecule has 1 saturated heterocycles. The van der Waals surface area contributed by atoms with Crippen molar-refractivity contribution in [2.24, 2.45) is 17.6 Å². The zero-order valence-corrected chi connectivity index (χ0v) is 19.9. The van der Waals surface area contributed by atoms with Crippen molar-refractivity contribution < 1.29 is 34.2 Å². The second kappa shape index (κ2) is 13.1. The normalized spacial score (nSPS) is 19.5. The van der Waals surface area contributed by atoms with Gasteiger partial charge in [0.1, 0.15) is 18.1 Å². The zero-order valence-electron chi connectivity index (χ0n) is 19.9. The minimum absolute atomic E-state index is 0.0474. The molecule has 0 saturated carbocycles. The van der Waals surface area contributed by atoms with E-state index in [9.17, 15) is 29.1 Å². The molecule has 1 heterocycles. The van der Waals surface area contributed by atoms with Gasteiger partial charge in [0.25, 0.3) is 0 Å². The lowest BCUT2D eigenvalue weighted by Gasteiger charge is -2.31. The number of likely N-dealkylation sites (tertiary alicyclic amines) is 1. The molecule has 0 spiro atoms. The SMILES string of the molecule is CCC(C)C(NC(=O)C(N)CCC(=O)O)C(=O)NC(CC(C)C)C(=O)N1CCCC1C(=O)O. The maximum atomic E-state index is 13.2. The van der Waals surface area contributed by atoms with Crippen molar-refractivity contribution >= 4 is 29.7 Å². The molecule has 1 fully saturated rings. The van der Waals surface area contributed by atoms with Gasteiger partial charge < -0.3 is 31.5 Å². The maximum Gasteiger partial charge on any atom is 0.326 e. The first-order valence-corrected chi connectivity index (χ1v) is 11.5. The second-order valence-corrected chi connectivity index (χ2v) is 9.13. The van der Waals surface area contributed by atoms with E-state index in [1.54, 1.807) is 6.92 Å². The van der Waals surface area contributed by atoms with Crippen LogP contribution < -0.4 is 16.4 Å². The number of carboxylic acid groups (broad SMARTS) is 2. The lowest BCUT2D eigenvalue weighted by molar-refractivity contribution is -0.149. The van der Waals surface area contributed by atoms with Gasteiger partial charge in [0.2, 0.25) is 17.7 Å². The quantitative estimate of drug-likeness (QED) is 0.255. The number of carboxylic acids is 2. The summed E-state index contributed by atoms with van der Waals surface area (Å²) in [4.78, 5) is 62.3. The first kappa shape index (κ1) is 28.3. The fraction of sp³-hybridized carbons (Fsp3) is 0.773. The van der Waals surface area contributed by atoms with Crippen LogP contribution in [0.5, 0.6) is 0 Å². The molecule has 11 heteroatoms. The minimum atomic E-state index is -1.09. The molecule has 5 atom stereocenters. The first-order valence-electron chi connectivity index (χ1n) is 11.5. The Hall–Kier alpha value is -2.69. The molecule has 33 heavy (non-hydrogen) atoms. The highest BCUT2D eigenvalue weighted by molar-refractivity contribution is 5.94. The average molecular weight is 471 g/mol. The summed E-state index contributed by atoms with van der Waals surface area (Å²) in [6.45, 7) is 7.71. The summed E-state index contributed by atoms with van der Waals surface area (Å²) in [5, 5.41) is 23.5. The highest BCUT2D eigenvalue weighted by atomic mass is 16.4. The number of hydrogen-bond donors (Lipinski definition) is 5. The van der Waals surface area contributed by atoms with Crippen molar-refractivity contribution in [3.63, 3.8) is 0 Å². The Labute approximate surface area is 194 Å². The van der Waals surface area contributed by atoms with Crippen molar-refractivity contribution in [3.8, 4) is 0 Å². The molecule has 0 aliphatic carbocycles. The molecular weight excluding hydrogens is 432 g/mol. The number of nitrogens with two attached hydrogens (primary N) is 1. The molecular formula is C22H38N4O7. The van der Waals surface area contributed by atoms with Crippen LogP contribution in [0, 0.1) is 11.8 Å². The standard InChI is InChI=1S/C22H38N4O7/c1-5-13(4)18(25-19(29)14(23)8-9-17(27)28)20(30)24-15(11-12(2)3)21(31)26-10-6-7-16(26)22(32)33/h12-16,18H,5-11,23H2,1-4H3,(H,24,30)(H,25,29)(H,27,28)(H,32,33). The third kappa shape index (κ3) is 8.64. The number of carbonyl (C=O) groups excluding carboxylic acids is 3. The van der Waals surface area contributed by atoms with E-state index in [0.717, 1.165) is 0 Å². The van der Waals surface area contributed by atoms with E-state index >= 15 is 0 Å². The molecule has 3 amide bonds. The van der Waals surface area contributed by atoms with E-state index in [0.29, 0.717) is 32.2 Å². The van der Waals surface area contributed by atoms with Crippen molar-refractivity contribution in [2.75, 3.05) is 6.54 Å². The summed E-state index contributed by atoms with van der Waals surface area (Å²) in [6, 6.07) is -3.91. The van der Waals surface area contributed by atoms with E-state index in [1.165, 1.54) is 4.90 Å². The van der Waals surface area contributed by atoms with Crippen LogP contribution in [-0.4, -0.2) is 75.5 Å². The van der Waals surface area contributed by atoms with Crippen LogP contribution in [0.25, 0.3) is 0 Å². The molecule has 188 valence electrons. The number of aliphatic carboxylic acids is 2. The predicted molar refractivity (Wildman–Crippen MR) is 120 cm³/mol. The predicted octanol–water partition coefficient (Wildman–Crippen LogP) is 0.316. The zero-order chi connectivity index (χ0) is 25.3. The Balaban J connectivity index is 2.99. The molecule has 11 nitrogen and oxygen atoms in total. The Bertz CT molecular complexity index is 728. The summed E-state index contributed by atoms with van der Waals surface area (Å²) in [6.07, 6.45) is 1.45. The van der Waals surface area contributed by atoms with Crippen molar-refractivity contribution in [1.82, 2.24) is 15.5 Å². The van der Waals surface area contributed by atoms with E-state index in [-0.39, 0.29) is 24.7 Å². The van der Waals surface area contributed by atoms with Gasteiger partial charge in [-0.15, -0.1) is 0 Å². The summed E-state index contributed by atoms with van der Waals surface area (Å²) >= 11 is 0. The number of nitrogens with zero attached hydrogens (tertiary/aromatic N) is 1. The van der Waals surface area contributed by atoms with E-state index < -0.39 is 53.8 Å². The largest absolute Gasteiger partial charge is 0.481 e. The van der Waals surface area contributed by atoms with Gasteiger partial charge >= 0.3 is 11.9 Å². The van der Waals surface area contributed by atoms with Gasteiger partial charge in [0, 0.05) is 13.0 Å². The molecule has 1 aliphatic rings. The fourth-order valence-electron chi connectivity index (χ4n) is 3.81. The average Bonchev–Trinajstić information content (AvgIpc) is 3.23. The van der Waals surface area contributed by atoms with Gasteiger partial charge in [0.15, 0.2) is 0 Å². The van der Waals surface area contributed by atoms with Crippen molar-refractivity contribution in [2.45, 2.75) is 90.4 Å². The van der Waals surface area contributed by atoms with Crippen LogP contribution in [0.2, 0.25) is 0 Å². The number of rotatable bonds is 13. The molecule has 1 rings (SSSR count). The monoisotopic (exact) mass is 470 g/mol. The topological polar surface area (TPSA) is 179 Å². The van der Waals surface area contributed by atoms with Gasteiger partial charge in [-0.1, -0.05) is 34.1 Å². The van der Waals surface area contributed by atoms with E-state index in [2.05, 4.69) is 10.6 Å². The molecule has 0 aromatic carbocycles. The number of nitrogens with one attached hydrogen (secondary N) is 2. The molecule has 6 N–H and O–H groups in total. The highest BCUT2D eigenvalue weighted by Crippen LogP contribution is 2.21. The van der Waals surface area contributed by atoms with Crippen molar-refractivity contribution in [1.29, 1.82) is 0 Å². The van der Waals surface area contributed by atoms with Crippen molar-refractivity contribution in [3.05, 3.63) is 0 Å². The van der Waals surface area contributed by atoms with Crippen LogP contribution in [0.4, 0.5) is 0 Å². The Kier molecular flexibility index (Phi) is 11.3. The Morgan fingerprint density at radius 1 is 1.06 bits per heavy atom. The van der Waals surface area contributed by atoms with Crippen LogP contribution in [0.1, 0.15) is 66.2 Å². The third-order valence-electron chi connectivity index (χ3n) is 5.94. The number of amides is 3. The Morgan fingerprint density at radius 2 is 1.70 bits per heavy atom. The molecule has 0 aromatic rings. The number of carbonyl (C=O) groups is 5. The molecule has 0 aromatic heterocycles. The Morgan fingerprint density at radius 3 is 2.21 bits per heavy atom. The van der Waals surface area contributed by atoms with Gasteiger partial charge in [-0.05, 0) is 37.5 Å². The third-order valence-corrected chi connectivity index (χ3v) is 5.94. The summed E-state index contributed by atoms with van der Waals surface area (Å²) in [5.74, 6) is -4.04. The second-order valence-electron chi connectivity index (χ2n) is 9.13. The van der Waals surface area contributed by atoms with Gasteiger partial charge in [-0.2, -0.15) is 0 Å². The number of hydrogen-bond acceptors (Lipinski definition) is 6. The summed E-state index contributed by atoms with van der Waals surface area (Å²) in [5.41, 5.74) is 5.77. The van der Waals surface area contributed by atoms with Gasteiger partial charge in [-0.3, -0.25) is 19.2 Å². The lowest BCUT2D eigenvalue weighted by atomic mass is 9.96. The van der Waals surface area contributed by atoms with E-state index in [4.69, 9.17) is 10.8 Å². The lowest BCUT2D eigenvalue weighted by Crippen LogP contribution is -2.58. The maximum absolute atomic E-state index is 13.2. The van der Waals surface area contributed by atoms with Crippen LogP contribution in [-0.2, 0) is 24.0 Å². The molecule has 0 bridgehead atoms. The van der Waals surface area contributed by atoms with Crippen LogP contribution >= 0.6 is 0 Å². The van der Waals surface area contributed by atoms with Gasteiger partial charge in [-0.25, -0.2) is 4.79 Å². The van der Waals surface area contributed by atoms with Gasteiger partial charge in [0.05, 0.1) is 6.04 Å². The molecule has 1 aliphatic heterocycles. The molecule has 5 unspecified atom stereocenters. The summed E-state index contributed by atoms with van der Waals surface area (Å²) in [7, 11) is 0. The summed E-state index contributed by atoms with van der Waals surface area (Å²) < 4.78 is 0. The fourth-order valence-corrected chi connectivity index (χ4v) is 3.81.